The molecule has 0 aliphatic carbocycles. The maximum atomic E-state index is 14.1. The van der Waals surface area contributed by atoms with Crippen LogP contribution < -0.4 is 10.6 Å². The second-order valence-corrected chi connectivity index (χ2v) is 11.4. The van der Waals surface area contributed by atoms with Gasteiger partial charge in [-0.1, -0.05) is 41.9 Å². The molecule has 0 fully saturated rings. The smallest absolute Gasteiger partial charge is 0.411 e. The molecule has 2 heterocycles. The van der Waals surface area contributed by atoms with Gasteiger partial charge in [0.25, 0.3) is 5.91 Å². The molecule has 0 radical (unpaired) electrons. The van der Waals surface area contributed by atoms with Crippen molar-refractivity contribution in [3.63, 3.8) is 0 Å². The van der Waals surface area contributed by atoms with E-state index in [0.717, 1.165) is 16.7 Å². The van der Waals surface area contributed by atoms with Crippen molar-refractivity contribution in [2.45, 2.75) is 12.5 Å². The van der Waals surface area contributed by atoms with Crippen LogP contribution in [0.5, 0.6) is 0 Å². The number of halogens is 1. The highest BCUT2D eigenvalue weighted by atomic mass is 35.5. The van der Waals surface area contributed by atoms with Gasteiger partial charge in [-0.25, -0.2) is 9.59 Å². The Bertz CT molecular complexity index is 2070. The van der Waals surface area contributed by atoms with Crippen LogP contribution in [0.3, 0.4) is 0 Å². The summed E-state index contributed by atoms with van der Waals surface area (Å²) in [4.78, 5) is 52.5. The van der Waals surface area contributed by atoms with Crippen LogP contribution in [0.25, 0.3) is 22.9 Å². The maximum absolute atomic E-state index is 14.1. The topological polar surface area (TPSA) is 169 Å². The first-order valence-electron chi connectivity index (χ1n) is 14.9. The van der Waals surface area contributed by atoms with Gasteiger partial charge in [0.15, 0.2) is 0 Å². The van der Waals surface area contributed by atoms with Crippen molar-refractivity contribution in [1.29, 1.82) is 0 Å². The Labute approximate surface area is 284 Å². The molecule has 13 nitrogen and oxygen atoms in total. The van der Waals surface area contributed by atoms with E-state index in [0.29, 0.717) is 39.6 Å². The number of anilines is 2. The zero-order chi connectivity index (χ0) is 34.5. The molecule has 5 aromatic rings. The third-order valence-corrected chi connectivity index (χ3v) is 8.21. The molecule has 1 aliphatic heterocycles. The first-order chi connectivity index (χ1) is 23.7. The predicted octanol–water partition coefficient (Wildman–Crippen LogP) is 5.64. The van der Waals surface area contributed by atoms with Crippen LogP contribution in [0.1, 0.15) is 33.1 Å². The Kier molecular flexibility index (Phi) is 9.44. The number of ether oxygens (including phenoxy) is 1. The van der Waals surface area contributed by atoms with E-state index in [-0.39, 0.29) is 12.1 Å². The maximum Gasteiger partial charge on any atom is 0.411 e. The molecule has 1 aromatic heterocycles. The summed E-state index contributed by atoms with van der Waals surface area (Å²) >= 11 is 6.27. The standard InChI is InChI=1S/C35H28ClN7O6/c1-49-35(48)39-26-11-5-21(6-12-26)27-3-2-4-29-28(27)17-18-42(32(29)33(45)38-25-13-7-22(8-14-25)34(46)47)31(44)16-9-23-19-24(36)10-15-30(23)43-20-37-40-41-43/h2-16,19-20,32H,17-18H2,1H3,(H,38,45)(H,39,48)(H,46,47)/b16-9+. The number of nitrogens with zero attached hydrogens (tertiary/aromatic N) is 5. The van der Waals surface area contributed by atoms with Gasteiger partial charge in [0.2, 0.25) is 5.91 Å². The van der Waals surface area contributed by atoms with E-state index in [1.165, 1.54) is 53.4 Å². The number of rotatable bonds is 8. The molecular weight excluding hydrogens is 650 g/mol. The Hall–Kier alpha value is -6.34. The largest absolute Gasteiger partial charge is 0.478 e. The number of hydrogen-bond acceptors (Lipinski definition) is 8. The first kappa shape index (κ1) is 32.6. The summed E-state index contributed by atoms with van der Waals surface area (Å²) in [5, 5.41) is 26.5. The molecule has 0 bridgehead atoms. The number of nitrogens with one attached hydrogen (secondary N) is 2. The summed E-state index contributed by atoms with van der Waals surface area (Å²) in [6.07, 6.45) is 4.27. The van der Waals surface area contributed by atoms with E-state index in [4.69, 9.17) is 11.6 Å². The minimum Gasteiger partial charge on any atom is -0.478 e. The Morgan fingerprint density at radius 3 is 2.39 bits per heavy atom. The van der Waals surface area contributed by atoms with Crippen LogP contribution in [0.15, 0.2) is 97.3 Å². The zero-order valence-electron chi connectivity index (χ0n) is 25.9. The van der Waals surface area contributed by atoms with Crippen molar-refractivity contribution >= 4 is 52.9 Å². The monoisotopic (exact) mass is 677 g/mol. The second kappa shape index (κ2) is 14.2. The number of aromatic carboxylic acids is 1. The van der Waals surface area contributed by atoms with Gasteiger partial charge in [-0.15, -0.1) is 5.10 Å². The number of tetrazole rings is 1. The summed E-state index contributed by atoms with van der Waals surface area (Å²) in [7, 11) is 1.28. The van der Waals surface area contributed by atoms with Crippen LogP contribution in [0.2, 0.25) is 5.02 Å². The summed E-state index contributed by atoms with van der Waals surface area (Å²) in [5.74, 6) is -1.98. The second-order valence-electron chi connectivity index (χ2n) is 10.9. The number of aromatic nitrogens is 4. The predicted molar refractivity (Wildman–Crippen MR) is 181 cm³/mol. The lowest BCUT2D eigenvalue weighted by Crippen LogP contribution is -2.45. The highest BCUT2D eigenvalue weighted by Crippen LogP contribution is 2.37. The molecule has 1 unspecified atom stereocenters. The third kappa shape index (κ3) is 7.16. The fourth-order valence-electron chi connectivity index (χ4n) is 5.66. The zero-order valence-corrected chi connectivity index (χ0v) is 26.7. The van der Waals surface area contributed by atoms with Crippen molar-refractivity contribution in [1.82, 2.24) is 25.1 Å². The van der Waals surface area contributed by atoms with Crippen LogP contribution in [-0.2, 0) is 20.7 Å². The highest BCUT2D eigenvalue weighted by Gasteiger charge is 2.36. The molecule has 1 atom stereocenters. The fraction of sp³-hybridized carbons (Fsp3) is 0.114. The molecule has 4 aromatic carbocycles. The fourth-order valence-corrected chi connectivity index (χ4v) is 5.85. The number of methoxy groups -OCH3 is 1. The van der Waals surface area contributed by atoms with Crippen LogP contribution >= 0.6 is 11.6 Å². The number of carbonyl (C=O) groups is 4. The van der Waals surface area contributed by atoms with Gasteiger partial charge >= 0.3 is 12.1 Å². The number of fused-ring (bicyclic) bond motifs is 1. The Morgan fingerprint density at radius 2 is 1.69 bits per heavy atom. The lowest BCUT2D eigenvalue weighted by atomic mass is 9.86. The molecule has 0 spiro atoms. The molecule has 6 rings (SSSR count). The lowest BCUT2D eigenvalue weighted by Gasteiger charge is -2.37. The van der Waals surface area contributed by atoms with Crippen molar-refractivity contribution in [3.05, 3.63) is 125 Å². The van der Waals surface area contributed by atoms with E-state index in [1.807, 2.05) is 30.3 Å². The van der Waals surface area contributed by atoms with Gasteiger partial charge in [-0.2, -0.15) is 4.68 Å². The van der Waals surface area contributed by atoms with E-state index >= 15 is 0 Å². The molecule has 0 saturated carbocycles. The lowest BCUT2D eigenvalue weighted by molar-refractivity contribution is -0.135. The van der Waals surface area contributed by atoms with Gasteiger partial charge in [-0.05, 0) is 99.8 Å². The number of hydrogen-bond donors (Lipinski definition) is 3. The summed E-state index contributed by atoms with van der Waals surface area (Å²) in [6.45, 7) is 0.223. The van der Waals surface area contributed by atoms with Crippen LogP contribution in [-0.4, -0.2) is 67.7 Å². The average Bonchev–Trinajstić information content (AvgIpc) is 3.65. The average molecular weight is 678 g/mol. The van der Waals surface area contributed by atoms with E-state index < -0.39 is 29.9 Å². The van der Waals surface area contributed by atoms with Crippen molar-refractivity contribution in [3.8, 4) is 16.8 Å². The van der Waals surface area contributed by atoms with Crippen LogP contribution in [0, 0.1) is 0 Å². The molecule has 3 N–H and O–H groups in total. The van der Waals surface area contributed by atoms with Gasteiger partial charge in [-0.3, -0.25) is 14.9 Å². The molecule has 246 valence electrons. The minimum atomic E-state index is -1.09. The molecule has 1 aliphatic rings. The number of carboxylic acids is 1. The van der Waals surface area contributed by atoms with Crippen molar-refractivity contribution in [2.24, 2.45) is 0 Å². The van der Waals surface area contributed by atoms with E-state index in [1.54, 1.807) is 36.4 Å². The minimum absolute atomic E-state index is 0.0717. The third-order valence-electron chi connectivity index (χ3n) is 7.97. The van der Waals surface area contributed by atoms with Gasteiger partial charge in [0.05, 0.1) is 18.4 Å². The van der Waals surface area contributed by atoms with Crippen molar-refractivity contribution in [2.75, 3.05) is 24.3 Å². The Morgan fingerprint density at radius 1 is 0.959 bits per heavy atom. The summed E-state index contributed by atoms with van der Waals surface area (Å²) < 4.78 is 6.12. The molecule has 3 amide bonds. The molecule has 0 saturated heterocycles. The SMILES string of the molecule is COC(=O)Nc1ccc(-c2cccc3c2CCN(C(=O)/C=C/c2cc(Cl)ccc2-n2cnnn2)C3C(=O)Nc2ccc(C(=O)O)cc2)cc1. The molecule has 14 heteroatoms. The highest BCUT2D eigenvalue weighted by molar-refractivity contribution is 6.30. The number of carbonyl (C=O) groups excluding carboxylic acids is 3. The molecule has 49 heavy (non-hydrogen) atoms. The van der Waals surface area contributed by atoms with Crippen molar-refractivity contribution < 1.29 is 29.0 Å². The normalized spacial score (nSPS) is 13.8. The summed E-state index contributed by atoms with van der Waals surface area (Å²) in [6, 6.07) is 22.6. The van der Waals surface area contributed by atoms with Crippen LogP contribution in [0.4, 0.5) is 16.2 Å². The van der Waals surface area contributed by atoms with Gasteiger partial charge in [0.1, 0.15) is 12.4 Å². The number of amides is 3. The number of carboxylic acid groups (broad SMARTS) is 1. The quantitative estimate of drug-likeness (QED) is 0.176. The van der Waals surface area contributed by atoms with Gasteiger partial charge < -0.3 is 20.1 Å². The van der Waals surface area contributed by atoms with E-state index in [2.05, 4.69) is 30.9 Å². The number of benzene rings is 4. The summed E-state index contributed by atoms with van der Waals surface area (Å²) in [5.41, 5.74) is 5.43. The Balaban J connectivity index is 1.35. The van der Waals surface area contributed by atoms with E-state index in [9.17, 15) is 24.3 Å². The van der Waals surface area contributed by atoms with Gasteiger partial charge in [0, 0.05) is 34.6 Å². The molecular formula is C35H28ClN7O6. The first-order valence-corrected chi connectivity index (χ1v) is 15.3.